The highest BCUT2D eigenvalue weighted by Gasteiger charge is 2.38. The summed E-state index contributed by atoms with van der Waals surface area (Å²) >= 11 is 0. The number of alkyl halides is 3. The second-order valence-corrected chi connectivity index (χ2v) is 2.92. The van der Waals surface area contributed by atoms with Crippen molar-refractivity contribution in [2.24, 2.45) is 5.73 Å². The number of aromatic nitrogens is 2. The van der Waals surface area contributed by atoms with Crippen LogP contribution in [0.2, 0.25) is 0 Å². The van der Waals surface area contributed by atoms with E-state index in [1.807, 2.05) is 0 Å². The molecule has 0 aromatic carbocycles. The Morgan fingerprint density at radius 1 is 1.50 bits per heavy atom. The number of H-pyrrole nitrogens is 1. The number of nitrogens with two attached hydrogens (primary N) is 1. The van der Waals surface area contributed by atoms with E-state index >= 15 is 0 Å². The molecule has 0 atom stereocenters. The smallest absolute Gasteiger partial charge is 0.475 e. The molecule has 18 heavy (non-hydrogen) atoms. The summed E-state index contributed by atoms with van der Waals surface area (Å²) in [6.07, 6.45) is -1.05. The van der Waals surface area contributed by atoms with Gasteiger partial charge in [0, 0.05) is 24.9 Å². The predicted molar refractivity (Wildman–Crippen MR) is 53.6 cm³/mol. The molecule has 0 aliphatic rings. The lowest BCUT2D eigenvalue weighted by molar-refractivity contribution is -0.192. The highest BCUT2D eigenvalue weighted by molar-refractivity contribution is 5.73. The van der Waals surface area contributed by atoms with Crippen molar-refractivity contribution >= 4 is 12.0 Å². The van der Waals surface area contributed by atoms with Crippen LogP contribution in [0.15, 0.2) is 12.5 Å². The van der Waals surface area contributed by atoms with Gasteiger partial charge in [0.2, 0.25) is 0 Å². The number of aliphatic carboxylic acids is 1. The van der Waals surface area contributed by atoms with E-state index < -0.39 is 18.2 Å². The van der Waals surface area contributed by atoms with Crippen molar-refractivity contribution in [3.05, 3.63) is 18.2 Å². The highest BCUT2D eigenvalue weighted by Crippen LogP contribution is 2.13. The fourth-order valence-corrected chi connectivity index (χ4v) is 0.742. The third kappa shape index (κ3) is 7.96. The molecular formula is C8H11F3N4O3. The fourth-order valence-electron chi connectivity index (χ4n) is 0.742. The number of imidazole rings is 1. The Bertz CT molecular complexity index is 377. The first-order valence-corrected chi connectivity index (χ1v) is 4.54. The summed E-state index contributed by atoms with van der Waals surface area (Å²) in [4.78, 5) is 25.8. The largest absolute Gasteiger partial charge is 0.490 e. The molecule has 0 spiro atoms. The van der Waals surface area contributed by atoms with E-state index in [4.69, 9.17) is 15.6 Å². The van der Waals surface area contributed by atoms with Gasteiger partial charge in [0.25, 0.3) is 0 Å². The molecule has 0 aliphatic heterocycles. The lowest BCUT2D eigenvalue weighted by Crippen LogP contribution is -2.30. The van der Waals surface area contributed by atoms with Crippen LogP contribution in [-0.2, 0) is 11.2 Å². The minimum Gasteiger partial charge on any atom is -0.475 e. The van der Waals surface area contributed by atoms with Gasteiger partial charge < -0.3 is 21.1 Å². The summed E-state index contributed by atoms with van der Waals surface area (Å²) in [6.45, 7) is 0.539. The molecule has 1 aromatic rings. The van der Waals surface area contributed by atoms with Gasteiger partial charge in [-0.25, -0.2) is 14.6 Å². The van der Waals surface area contributed by atoms with Crippen molar-refractivity contribution in [3.8, 4) is 0 Å². The van der Waals surface area contributed by atoms with E-state index in [0.717, 1.165) is 12.1 Å². The Hall–Kier alpha value is -2.26. The van der Waals surface area contributed by atoms with Gasteiger partial charge in [-0.05, 0) is 0 Å². The Kier molecular flexibility index (Phi) is 6.24. The number of nitrogens with zero attached hydrogens (tertiary/aromatic N) is 1. The SMILES string of the molecule is NC(=O)NCCc1cnc[nH]1.O=C(O)C(F)(F)F. The number of carbonyl (C=O) groups excluding carboxylic acids is 1. The van der Waals surface area contributed by atoms with Crippen molar-refractivity contribution in [3.63, 3.8) is 0 Å². The molecule has 0 saturated heterocycles. The Morgan fingerprint density at radius 2 is 2.06 bits per heavy atom. The number of primary amides is 1. The third-order valence-corrected chi connectivity index (χ3v) is 1.49. The summed E-state index contributed by atoms with van der Waals surface area (Å²) in [5.74, 6) is -2.76. The lowest BCUT2D eigenvalue weighted by Gasteiger charge is -1.97. The van der Waals surface area contributed by atoms with Crippen LogP contribution in [0.3, 0.4) is 0 Å². The van der Waals surface area contributed by atoms with Crippen LogP contribution < -0.4 is 11.1 Å². The van der Waals surface area contributed by atoms with Gasteiger partial charge in [0.1, 0.15) is 0 Å². The summed E-state index contributed by atoms with van der Waals surface area (Å²) in [7, 11) is 0. The van der Waals surface area contributed by atoms with Crippen LogP contribution in [0.25, 0.3) is 0 Å². The van der Waals surface area contributed by atoms with Crippen LogP contribution in [0.5, 0.6) is 0 Å². The molecule has 0 fully saturated rings. The van der Waals surface area contributed by atoms with Gasteiger partial charge in [0.05, 0.1) is 6.33 Å². The molecule has 5 N–H and O–H groups in total. The number of carboxylic acid groups (broad SMARTS) is 1. The van der Waals surface area contributed by atoms with Crippen LogP contribution in [0.4, 0.5) is 18.0 Å². The number of hydrogen-bond donors (Lipinski definition) is 4. The van der Waals surface area contributed by atoms with Crippen molar-refractivity contribution in [2.75, 3.05) is 6.54 Å². The first-order chi connectivity index (χ1) is 8.23. The van der Waals surface area contributed by atoms with Crippen LogP contribution in [0.1, 0.15) is 5.69 Å². The quantitative estimate of drug-likeness (QED) is 0.627. The highest BCUT2D eigenvalue weighted by atomic mass is 19.4. The molecular weight excluding hydrogens is 257 g/mol. The maximum Gasteiger partial charge on any atom is 0.490 e. The zero-order valence-electron chi connectivity index (χ0n) is 8.99. The van der Waals surface area contributed by atoms with Crippen molar-refractivity contribution in [1.82, 2.24) is 15.3 Å². The number of hydrogen-bond acceptors (Lipinski definition) is 3. The number of rotatable bonds is 3. The van der Waals surface area contributed by atoms with E-state index in [1.54, 1.807) is 12.5 Å². The number of amides is 2. The lowest BCUT2D eigenvalue weighted by atomic mass is 10.3. The zero-order valence-corrected chi connectivity index (χ0v) is 8.99. The molecule has 7 nitrogen and oxygen atoms in total. The van der Waals surface area contributed by atoms with Crippen LogP contribution >= 0.6 is 0 Å². The van der Waals surface area contributed by atoms with E-state index in [1.165, 1.54) is 0 Å². The molecule has 0 aliphatic carbocycles. The van der Waals surface area contributed by atoms with Crippen molar-refractivity contribution in [2.45, 2.75) is 12.6 Å². The van der Waals surface area contributed by atoms with Gasteiger partial charge in [-0.15, -0.1) is 0 Å². The molecule has 0 bridgehead atoms. The minimum absolute atomic E-state index is 0.496. The monoisotopic (exact) mass is 268 g/mol. The number of halogens is 3. The van der Waals surface area contributed by atoms with E-state index in [0.29, 0.717) is 6.54 Å². The Balaban J connectivity index is 0.000000360. The van der Waals surface area contributed by atoms with Crippen molar-refractivity contribution in [1.29, 1.82) is 0 Å². The summed E-state index contributed by atoms with van der Waals surface area (Å²) in [5, 5.41) is 9.60. The Morgan fingerprint density at radius 3 is 2.39 bits per heavy atom. The van der Waals surface area contributed by atoms with Gasteiger partial charge in [-0.2, -0.15) is 13.2 Å². The predicted octanol–water partition coefficient (Wildman–Crippen LogP) is 0.254. The normalized spacial score (nSPS) is 10.2. The minimum atomic E-state index is -5.08. The third-order valence-electron chi connectivity index (χ3n) is 1.49. The number of nitrogens with one attached hydrogen (secondary N) is 2. The number of aromatic amines is 1. The van der Waals surface area contributed by atoms with Gasteiger partial charge in [-0.1, -0.05) is 0 Å². The summed E-state index contributed by atoms with van der Waals surface area (Å²) in [5.41, 5.74) is 5.84. The molecule has 102 valence electrons. The van der Waals surface area contributed by atoms with Gasteiger partial charge >= 0.3 is 18.2 Å². The van der Waals surface area contributed by atoms with Gasteiger partial charge in [0.15, 0.2) is 0 Å². The maximum absolute atomic E-state index is 10.6. The zero-order chi connectivity index (χ0) is 14.2. The Labute approximate surface area is 99.2 Å². The first kappa shape index (κ1) is 15.7. The second-order valence-electron chi connectivity index (χ2n) is 2.92. The van der Waals surface area contributed by atoms with Crippen LogP contribution in [0, 0.1) is 0 Å². The molecule has 0 radical (unpaired) electrons. The number of urea groups is 1. The van der Waals surface area contributed by atoms with E-state index in [2.05, 4.69) is 15.3 Å². The van der Waals surface area contributed by atoms with Gasteiger partial charge in [-0.3, -0.25) is 0 Å². The number of carbonyl (C=O) groups is 2. The standard InChI is InChI=1S/C6H10N4O.C2HF3O2/c7-6(11)9-2-1-5-3-8-4-10-5;3-2(4,5)1(6)7/h3-4H,1-2H2,(H,8,10)(H3,7,9,11);(H,6,7). The van der Waals surface area contributed by atoms with E-state index in [-0.39, 0.29) is 0 Å². The maximum atomic E-state index is 10.6. The summed E-state index contributed by atoms with van der Waals surface area (Å²) < 4.78 is 31.7. The molecule has 10 heteroatoms. The topological polar surface area (TPSA) is 121 Å². The molecule has 2 amide bonds. The molecule has 1 heterocycles. The fraction of sp³-hybridized carbons (Fsp3) is 0.375. The average molecular weight is 268 g/mol. The summed E-state index contributed by atoms with van der Waals surface area (Å²) in [6, 6.07) is -0.496. The second kappa shape index (κ2) is 7.14. The van der Waals surface area contributed by atoms with Crippen molar-refractivity contribution < 1.29 is 27.9 Å². The molecule has 0 unspecified atom stereocenters. The average Bonchev–Trinajstić information content (AvgIpc) is 2.69. The molecule has 1 aromatic heterocycles. The molecule has 1 rings (SSSR count). The van der Waals surface area contributed by atoms with Crippen LogP contribution in [-0.4, -0.2) is 39.8 Å². The van der Waals surface area contributed by atoms with E-state index in [9.17, 15) is 18.0 Å². The number of carboxylic acids is 1. The molecule has 0 saturated carbocycles. The first-order valence-electron chi connectivity index (χ1n) is 4.54.